The van der Waals surface area contributed by atoms with Gasteiger partial charge in [-0.1, -0.05) is 12.1 Å². The molecule has 0 radical (unpaired) electrons. The summed E-state index contributed by atoms with van der Waals surface area (Å²) in [7, 11) is 0. The Morgan fingerprint density at radius 3 is 2.84 bits per heavy atom. The molecule has 3 rings (SSSR count). The van der Waals surface area contributed by atoms with E-state index in [1.54, 1.807) is 6.33 Å². The molecule has 0 saturated carbocycles. The van der Waals surface area contributed by atoms with Crippen LogP contribution in [0.5, 0.6) is 0 Å². The normalized spacial score (nSPS) is 15.3. The first kappa shape index (κ1) is 12.3. The first-order valence-corrected chi connectivity index (χ1v) is 6.89. The second-order valence-corrected chi connectivity index (χ2v) is 5.53. The van der Waals surface area contributed by atoms with E-state index in [0.717, 1.165) is 29.7 Å². The first-order valence-electron chi connectivity index (χ1n) is 6.10. The highest BCUT2D eigenvalue weighted by molar-refractivity contribution is 9.10. The zero-order valence-electron chi connectivity index (χ0n) is 10.2. The number of carbonyl (C=O) groups excluding carboxylic acids is 1. The smallest absolute Gasteiger partial charge is 0.255 e. The monoisotopic (exact) mass is 320 g/mol. The summed E-state index contributed by atoms with van der Waals surface area (Å²) in [6.45, 7) is 2.37. The highest BCUT2D eigenvalue weighted by Gasteiger charge is 2.32. The quantitative estimate of drug-likeness (QED) is 0.866. The van der Waals surface area contributed by atoms with Crippen molar-refractivity contribution in [1.29, 1.82) is 0 Å². The summed E-state index contributed by atoms with van der Waals surface area (Å²) in [6, 6.07) is 7.52. The van der Waals surface area contributed by atoms with Crippen LogP contribution >= 0.6 is 15.9 Å². The number of amides is 1. The van der Waals surface area contributed by atoms with Crippen molar-refractivity contribution in [2.75, 3.05) is 13.1 Å². The number of benzene rings is 1. The second-order valence-electron chi connectivity index (χ2n) is 4.67. The van der Waals surface area contributed by atoms with Gasteiger partial charge in [-0.05, 0) is 28.1 Å². The van der Waals surface area contributed by atoms with Gasteiger partial charge in [0, 0.05) is 30.0 Å². The lowest BCUT2D eigenvalue weighted by atomic mass is 9.99. The largest absolute Gasteiger partial charge is 0.338 e. The molecular formula is C13H13BrN4O. The molecule has 1 aromatic carbocycles. The molecule has 2 heterocycles. The lowest BCUT2D eigenvalue weighted by Crippen LogP contribution is -2.51. The third-order valence-electron chi connectivity index (χ3n) is 3.26. The number of aromatic nitrogens is 3. The van der Waals surface area contributed by atoms with E-state index in [4.69, 9.17) is 0 Å². The van der Waals surface area contributed by atoms with Crippen molar-refractivity contribution in [3.8, 4) is 0 Å². The minimum Gasteiger partial charge on any atom is -0.338 e. The average molecular weight is 321 g/mol. The van der Waals surface area contributed by atoms with Crippen LogP contribution in [0, 0.1) is 5.92 Å². The molecule has 1 aliphatic heterocycles. The molecule has 5 nitrogen and oxygen atoms in total. The molecule has 0 bridgehead atoms. The van der Waals surface area contributed by atoms with Gasteiger partial charge in [-0.15, -0.1) is 0 Å². The van der Waals surface area contributed by atoms with E-state index in [9.17, 15) is 4.79 Å². The van der Waals surface area contributed by atoms with Crippen LogP contribution in [0.3, 0.4) is 0 Å². The molecule has 1 aromatic heterocycles. The number of hydrogen-bond acceptors (Lipinski definition) is 3. The van der Waals surface area contributed by atoms with Gasteiger partial charge in [0.05, 0.1) is 5.56 Å². The van der Waals surface area contributed by atoms with Crippen LogP contribution in [0.1, 0.15) is 10.4 Å². The fourth-order valence-corrected chi connectivity index (χ4v) is 2.70. The molecule has 0 N–H and O–H groups in total. The maximum atomic E-state index is 12.3. The summed E-state index contributed by atoms with van der Waals surface area (Å²) < 4.78 is 2.66. The molecule has 1 amide bonds. The number of likely N-dealkylation sites (tertiary alicyclic amines) is 1. The van der Waals surface area contributed by atoms with E-state index in [2.05, 4.69) is 26.0 Å². The van der Waals surface area contributed by atoms with Crippen molar-refractivity contribution >= 4 is 21.8 Å². The van der Waals surface area contributed by atoms with Crippen LogP contribution in [0.4, 0.5) is 0 Å². The number of rotatable bonds is 3. The lowest BCUT2D eigenvalue weighted by molar-refractivity contribution is 0.0460. The Labute approximate surface area is 119 Å². The Kier molecular flexibility index (Phi) is 3.33. The van der Waals surface area contributed by atoms with E-state index in [1.807, 2.05) is 33.8 Å². The van der Waals surface area contributed by atoms with Crippen molar-refractivity contribution in [3.63, 3.8) is 0 Å². The number of nitrogens with zero attached hydrogens (tertiary/aromatic N) is 4. The van der Waals surface area contributed by atoms with E-state index >= 15 is 0 Å². The van der Waals surface area contributed by atoms with Gasteiger partial charge in [0.15, 0.2) is 0 Å². The maximum absolute atomic E-state index is 12.3. The first-order chi connectivity index (χ1) is 9.24. The lowest BCUT2D eigenvalue weighted by Gasteiger charge is -2.39. The van der Waals surface area contributed by atoms with E-state index in [1.165, 1.54) is 6.33 Å². The van der Waals surface area contributed by atoms with Gasteiger partial charge >= 0.3 is 0 Å². The van der Waals surface area contributed by atoms with Gasteiger partial charge in [0.2, 0.25) is 0 Å². The van der Waals surface area contributed by atoms with Crippen molar-refractivity contribution in [2.45, 2.75) is 6.54 Å². The molecule has 1 fully saturated rings. The fourth-order valence-electron chi connectivity index (χ4n) is 2.25. The zero-order chi connectivity index (χ0) is 13.2. The Hall–Kier alpha value is -1.69. The Morgan fingerprint density at radius 1 is 1.37 bits per heavy atom. The highest BCUT2D eigenvalue weighted by atomic mass is 79.9. The molecule has 1 saturated heterocycles. The minimum atomic E-state index is 0.0855. The van der Waals surface area contributed by atoms with Gasteiger partial charge in [-0.25, -0.2) is 4.98 Å². The molecule has 19 heavy (non-hydrogen) atoms. The van der Waals surface area contributed by atoms with E-state index in [0.29, 0.717) is 5.92 Å². The molecule has 0 atom stereocenters. The number of carbonyl (C=O) groups is 1. The van der Waals surface area contributed by atoms with Gasteiger partial charge in [0.25, 0.3) is 5.91 Å². The minimum absolute atomic E-state index is 0.0855. The molecule has 0 aliphatic carbocycles. The van der Waals surface area contributed by atoms with Crippen LogP contribution in [0.15, 0.2) is 41.4 Å². The summed E-state index contributed by atoms with van der Waals surface area (Å²) in [5.74, 6) is 0.551. The van der Waals surface area contributed by atoms with Crippen LogP contribution in [0.2, 0.25) is 0 Å². The van der Waals surface area contributed by atoms with Crippen molar-refractivity contribution in [3.05, 3.63) is 47.0 Å². The summed E-state index contributed by atoms with van der Waals surface area (Å²) in [6.07, 6.45) is 3.24. The zero-order valence-corrected chi connectivity index (χ0v) is 11.8. The topological polar surface area (TPSA) is 51.0 Å². The van der Waals surface area contributed by atoms with Crippen molar-refractivity contribution in [2.24, 2.45) is 5.92 Å². The third kappa shape index (κ3) is 2.53. The second kappa shape index (κ2) is 5.13. The molecule has 2 aromatic rings. The van der Waals surface area contributed by atoms with Gasteiger partial charge in [-0.3, -0.25) is 9.48 Å². The van der Waals surface area contributed by atoms with Gasteiger partial charge in [-0.2, -0.15) is 5.10 Å². The summed E-state index contributed by atoms with van der Waals surface area (Å²) in [5.41, 5.74) is 0.724. The maximum Gasteiger partial charge on any atom is 0.255 e. The predicted molar refractivity (Wildman–Crippen MR) is 73.6 cm³/mol. The number of hydrogen-bond donors (Lipinski definition) is 0. The summed E-state index contributed by atoms with van der Waals surface area (Å²) >= 11 is 3.41. The Balaban J connectivity index is 1.59. The summed E-state index contributed by atoms with van der Waals surface area (Å²) in [5, 5.41) is 4.07. The van der Waals surface area contributed by atoms with Crippen LogP contribution < -0.4 is 0 Å². The van der Waals surface area contributed by atoms with Crippen molar-refractivity contribution < 1.29 is 4.79 Å². The summed E-state index contributed by atoms with van der Waals surface area (Å²) in [4.78, 5) is 18.0. The van der Waals surface area contributed by atoms with E-state index in [-0.39, 0.29) is 5.91 Å². The van der Waals surface area contributed by atoms with Crippen LogP contribution in [-0.2, 0) is 6.54 Å². The Morgan fingerprint density at radius 2 is 2.16 bits per heavy atom. The highest BCUT2D eigenvalue weighted by Crippen LogP contribution is 2.23. The van der Waals surface area contributed by atoms with Gasteiger partial charge < -0.3 is 4.90 Å². The molecule has 0 spiro atoms. The average Bonchev–Trinajstić information content (AvgIpc) is 2.86. The standard InChI is InChI=1S/C13H13BrN4O/c14-12-4-2-1-3-11(12)13(19)17-5-10(6-17)7-18-9-15-8-16-18/h1-4,8-10H,5-7H2. The van der Waals surface area contributed by atoms with Crippen molar-refractivity contribution in [1.82, 2.24) is 19.7 Å². The molecule has 6 heteroatoms. The number of halogens is 1. The van der Waals surface area contributed by atoms with Crippen LogP contribution in [-0.4, -0.2) is 38.7 Å². The predicted octanol–water partition coefficient (Wildman–Crippen LogP) is 1.81. The molecule has 0 unspecified atom stereocenters. The SMILES string of the molecule is O=C(c1ccccc1Br)N1CC(Cn2cncn2)C1. The molecule has 1 aliphatic rings. The molecular weight excluding hydrogens is 308 g/mol. The van der Waals surface area contributed by atoms with E-state index < -0.39 is 0 Å². The van der Waals surface area contributed by atoms with Crippen LogP contribution in [0.25, 0.3) is 0 Å². The van der Waals surface area contributed by atoms with Gasteiger partial charge in [0.1, 0.15) is 12.7 Å². The molecule has 98 valence electrons. The fraction of sp³-hybridized carbons (Fsp3) is 0.308. The Bertz CT molecular complexity index is 578. The third-order valence-corrected chi connectivity index (χ3v) is 3.95.